The Morgan fingerprint density at radius 1 is 1.38 bits per heavy atom. The summed E-state index contributed by atoms with van der Waals surface area (Å²) >= 11 is 2.71. The fraction of sp³-hybridized carbons (Fsp3) is 0.235. The summed E-state index contributed by atoms with van der Waals surface area (Å²) < 4.78 is 1.50. The van der Waals surface area contributed by atoms with Crippen LogP contribution >= 0.6 is 23.1 Å². The van der Waals surface area contributed by atoms with Crippen molar-refractivity contribution in [3.05, 3.63) is 51.6 Å². The van der Waals surface area contributed by atoms with Gasteiger partial charge in [-0.15, -0.1) is 11.3 Å². The summed E-state index contributed by atoms with van der Waals surface area (Å²) in [4.78, 5) is 29.9. The van der Waals surface area contributed by atoms with Crippen molar-refractivity contribution in [2.45, 2.75) is 24.3 Å². The molecular formula is C17H17N3O2S2. The molecule has 2 aromatic heterocycles. The van der Waals surface area contributed by atoms with Gasteiger partial charge in [-0.25, -0.2) is 4.98 Å². The fourth-order valence-electron chi connectivity index (χ4n) is 2.26. The van der Waals surface area contributed by atoms with Crippen LogP contribution in [0.3, 0.4) is 0 Å². The molecule has 0 aliphatic heterocycles. The van der Waals surface area contributed by atoms with E-state index in [0.29, 0.717) is 15.4 Å². The summed E-state index contributed by atoms with van der Waals surface area (Å²) in [5.74, 6) is -0.119. The molecular weight excluding hydrogens is 342 g/mol. The molecule has 3 rings (SSSR count). The summed E-state index contributed by atoms with van der Waals surface area (Å²) in [5, 5.41) is 5.53. The van der Waals surface area contributed by atoms with Gasteiger partial charge in [0.25, 0.3) is 5.56 Å². The first-order valence-electron chi connectivity index (χ1n) is 7.44. The van der Waals surface area contributed by atoms with Crippen LogP contribution in [0.1, 0.15) is 12.5 Å². The molecule has 7 heteroatoms. The smallest absolute Gasteiger partial charge is 0.262 e. The van der Waals surface area contributed by atoms with Crippen LogP contribution in [0.15, 0.2) is 45.7 Å². The fourth-order valence-corrected chi connectivity index (χ4v) is 3.94. The van der Waals surface area contributed by atoms with Crippen molar-refractivity contribution in [1.29, 1.82) is 0 Å². The van der Waals surface area contributed by atoms with Crippen molar-refractivity contribution in [3.8, 4) is 0 Å². The quantitative estimate of drug-likeness (QED) is 0.573. The van der Waals surface area contributed by atoms with Gasteiger partial charge >= 0.3 is 0 Å². The Morgan fingerprint density at radius 2 is 2.17 bits per heavy atom. The number of benzene rings is 1. The van der Waals surface area contributed by atoms with Crippen LogP contribution in [-0.2, 0) is 11.8 Å². The second-order valence-corrected chi connectivity index (χ2v) is 7.72. The summed E-state index contributed by atoms with van der Waals surface area (Å²) in [7, 11) is 1.68. The molecule has 1 amide bonds. The zero-order chi connectivity index (χ0) is 17.3. The van der Waals surface area contributed by atoms with Gasteiger partial charge in [-0.3, -0.25) is 14.2 Å². The zero-order valence-corrected chi connectivity index (χ0v) is 15.2. The van der Waals surface area contributed by atoms with E-state index in [-0.39, 0.29) is 16.7 Å². The molecule has 0 bridgehead atoms. The highest BCUT2D eigenvalue weighted by molar-refractivity contribution is 8.00. The van der Waals surface area contributed by atoms with Crippen molar-refractivity contribution in [2.24, 2.45) is 7.05 Å². The maximum Gasteiger partial charge on any atom is 0.262 e. The van der Waals surface area contributed by atoms with Gasteiger partial charge in [0, 0.05) is 12.7 Å². The number of hydrogen-bond acceptors (Lipinski definition) is 5. The lowest BCUT2D eigenvalue weighted by atomic mass is 10.2. The lowest BCUT2D eigenvalue weighted by molar-refractivity contribution is -0.115. The highest BCUT2D eigenvalue weighted by Gasteiger charge is 2.18. The molecule has 124 valence electrons. The normalized spacial score (nSPS) is 12.3. The molecule has 0 aliphatic rings. The minimum atomic E-state index is -0.374. The third-order valence-electron chi connectivity index (χ3n) is 3.60. The highest BCUT2D eigenvalue weighted by Crippen LogP contribution is 2.24. The number of fused-ring (bicyclic) bond motifs is 1. The van der Waals surface area contributed by atoms with E-state index in [1.165, 1.54) is 27.7 Å². The van der Waals surface area contributed by atoms with Gasteiger partial charge in [-0.05, 0) is 43.0 Å². The molecule has 1 aromatic carbocycles. The molecule has 1 atom stereocenters. The van der Waals surface area contributed by atoms with Gasteiger partial charge in [0.05, 0.1) is 10.6 Å². The van der Waals surface area contributed by atoms with E-state index in [4.69, 9.17) is 0 Å². The van der Waals surface area contributed by atoms with Crippen LogP contribution < -0.4 is 10.9 Å². The van der Waals surface area contributed by atoms with Crippen molar-refractivity contribution in [1.82, 2.24) is 9.55 Å². The average molecular weight is 359 g/mol. The number of carbonyl (C=O) groups is 1. The monoisotopic (exact) mass is 359 g/mol. The Kier molecular flexibility index (Phi) is 4.73. The van der Waals surface area contributed by atoms with E-state index in [0.717, 1.165) is 11.3 Å². The van der Waals surface area contributed by atoms with Crippen molar-refractivity contribution < 1.29 is 4.79 Å². The number of thioether (sulfide) groups is 1. The Bertz CT molecular complexity index is 962. The molecule has 1 unspecified atom stereocenters. The first kappa shape index (κ1) is 16.7. The SMILES string of the molecule is Cc1cccc(NC(=O)C(C)Sc2nc3sccc3c(=O)n2C)c1. The van der Waals surface area contributed by atoms with Gasteiger partial charge in [0.1, 0.15) is 4.83 Å². The predicted molar refractivity (Wildman–Crippen MR) is 100.0 cm³/mol. The van der Waals surface area contributed by atoms with Crippen molar-refractivity contribution in [3.63, 3.8) is 0 Å². The molecule has 1 N–H and O–H groups in total. The van der Waals surface area contributed by atoms with E-state index >= 15 is 0 Å². The zero-order valence-electron chi connectivity index (χ0n) is 13.6. The lowest BCUT2D eigenvalue weighted by Crippen LogP contribution is -2.25. The number of carbonyl (C=O) groups excluding carboxylic acids is 1. The van der Waals surface area contributed by atoms with Crippen molar-refractivity contribution in [2.75, 3.05) is 5.32 Å². The molecule has 24 heavy (non-hydrogen) atoms. The topological polar surface area (TPSA) is 64.0 Å². The van der Waals surface area contributed by atoms with Gasteiger partial charge in [0.15, 0.2) is 5.16 Å². The molecule has 3 aromatic rings. The van der Waals surface area contributed by atoms with Crippen LogP contribution in [0.2, 0.25) is 0 Å². The highest BCUT2D eigenvalue weighted by atomic mass is 32.2. The number of hydrogen-bond donors (Lipinski definition) is 1. The molecule has 0 saturated carbocycles. The number of rotatable bonds is 4. The predicted octanol–water partition coefficient (Wildman–Crippen LogP) is 3.42. The minimum Gasteiger partial charge on any atom is -0.325 e. The first-order valence-corrected chi connectivity index (χ1v) is 9.20. The standard InChI is InChI=1S/C17H17N3O2S2/c1-10-5-4-6-12(9-10)18-14(21)11(2)24-17-19-15-13(7-8-23-15)16(22)20(17)3/h4-9,11H,1-3H3,(H,18,21). The van der Waals surface area contributed by atoms with E-state index in [2.05, 4.69) is 10.3 Å². The van der Waals surface area contributed by atoms with Gasteiger partial charge < -0.3 is 5.32 Å². The van der Waals surface area contributed by atoms with Gasteiger partial charge in [-0.1, -0.05) is 23.9 Å². The lowest BCUT2D eigenvalue weighted by Gasteiger charge is -2.13. The largest absolute Gasteiger partial charge is 0.325 e. The van der Waals surface area contributed by atoms with Crippen LogP contribution in [0.25, 0.3) is 10.2 Å². The molecule has 0 aliphatic carbocycles. The van der Waals surface area contributed by atoms with Gasteiger partial charge in [-0.2, -0.15) is 0 Å². The number of amides is 1. The average Bonchev–Trinajstić information content (AvgIpc) is 3.00. The Morgan fingerprint density at radius 3 is 2.92 bits per heavy atom. The maximum atomic E-state index is 12.4. The third-order valence-corrected chi connectivity index (χ3v) is 5.55. The van der Waals surface area contributed by atoms with E-state index in [1.807, 2.05) is 36.6 Å². The number of nitrogens with one attached hydrogen (secondary N) is 1. The molecule has 2 heterocycles. The van der Waals surface area contributed by atoms with Crippen LogP contribution in [0.5, 0.6) is 0 Å². The third kappa shape index (κ3) is 3.37. The van der Waals surface area contributed by atoms with E-state index < -0.39 is 0 Å². The van der Waals surface area contributed by atoms with Crippen LogP contribution in [0.4, 0.5) is 5.69 Å². The van der Waals surface area contributed by atoms with Gasteiger partial charge in [0.2, 0.25) is 5.91 Å². The molecule has 0 radical (unpaired) electrons. The second kappa shape index (κ2) is 6.78. The summed E-state index contributed by atoms with van der Waals surface area (Å²) in [6.45, 7) is 3.78. The van der Waals surface area contributed by atoms with Crippen LogP contribution in [-0.4, -0.2) is 20.7 Å². The van der Waals surface area contributed by atoms with E-state index in [9.17, 15) is 9.59 Å². The Hall–Kier alpha value is -2.12. The maximum absolute atomic E-state index is 12.4. The van der Waals surface area contributed by atoms with E-state index in [1.54, 1.807) is 20.0 Å². The molecule has 5 nitrogen and oxygen atoms in total. The number of thiophene rings is 1. The first-order chi connectivity index (χ1) is 11.5. The van der Waals surface area contributed by atoms with Crippen LogP contribution in [0, 0.1) is 6.92 Å². The number of nitrogens with zero attached hydrogens (tertiary/aromatic N) is 2. The summed E-state index contributed by atoms with van der Waals surface area (Å²) in [5.41, 5.74) is 1.76. The second-order valence-electron chi connectivity index (χ2n) is 5.52. The number of anilines is 1. The van der Waals surface area contributed by atoms with Crippen molar-refractivity contribution >= 4 is 44.9 Å². The number of aromatic nitrogens is 2. The Labute approximate surface area is 147 Å². The minimum absolute atomic E-state index is 0.0879. The molecule has 0 spiro atoms. The molecule has 0 saturated heterocycles. The summed E-state index contributed by atoms with van der Waals surface area (Å²) in [6, 6.07) is 9.43. The Balaban J connectivity index is 1.79. The molecule has 0 fully saturated rings. The number of aryl methyl sites for hydroxylation is 1. The summed E-state index contributed by atoms with van der Waals surface area (Å²) in [6.07, 6.45) is 0.